The lowest BCUT2D eigenvalue weighted by atomic mass is 10.1. The summed E-state index contributed by atoms with van der Waals surface area (Å²) in [4.78, 5) is 20.3. The molecule has 3 aromatic rings. The number of benzene rings is 2. The Morgan fingerprint density at radius 1 is 1.19 bits per heavy atom. The Morgan fingerprint density at radius 3 is 2.67 bits per heavy atom. The Morgan fingerprint density at radius 2 is 1.97 bits per heavy atom. The number of anilines is 1. The minimum Gasteiger partial charge on any atom is -0.482 e. The third-order valence-electron chi connectivity index (χ3n) is 5.97. The summed E-state index contributed by atoms with van der Waals surface area (Å²) in [6.07, 6.45) is -4.75. The van der Waals surface area contributed by atoms with Gasteiger partial charge in [-0.1, -0.05) is 17.4 Å². The minimum absolute atomic E-state index is 0.137. The number of alkyl halides is 3. The molecule has 0 saturated carbocycles. The van der Waals surface area contributed by atoms with Crippen LogP contribution in [0.4, 0.5) is 22.7 Å². The zero-order valence-electron chi connectivity index (χ0n) is 20.2. The highest BCUT2D eigenvalue weighted by Crippen LogP contribution is 2.37. The molecule has 36 heavy (non-hydrogen) atoms. The van der Waals surface area contributed by atoms with Crippen LogP contribution in [0.5, 0.6) is 5.75 Å². The highest BCUT2D eigenvalue weighted by Gasteiger charge is 2.35. The molecule has 0 aliphatic carbocycles. The van der Waals surface area contributed by atoms with Crippen LogP contribution in [0.15, 0.2) is 30.3 Å². The Bertz CT molecular complexity index is 1250. The van der Waals surface area contributed by atoms with Gasteiger partial charge in [-0.15, -0.1) is 0 Å². The van der Waals surface area contributed by atoms with Crippen molar-refractivity contribution >= 4 is 32.7 Å². The van der Waals surface area contributed by atoms with Crippen molar-refractivity contribution in [2.75, 3.05) is 37.7 Å². The average molecular weight is 526 g/mol. The molecule has 4 rings (SSSR count). The van der Waals surface area contributed by atoms with Gasteiger partial charge in [-0.25, -0.2) is 14.2 Å². The SMILES string of the molecule is CCOC(=O)COc1cc(C)cc(CN2CCN(c3nc4cc(F)c(C(F)(F)F)cc4s3)C[C@H]2C)c1. The van der Waals surface area contributed by atoms with Crippen LogP contribution in [0.3, 0.4) is 0 Å². The van der Waals surface area contributed by atoms with E-state index in [1.54, 1.807) is 6.92 Å². The molecular weight excluding hydrogens is 498 g/mol. The lowest BCUT2D eigenvalue weighted by Gasteiger charge is -2.39. The van der Waals surface area contributed by atoms with E-state index in [2.05, 4.69) is 22.9 Å². The van der Waals surface area contributed by atoms with E-state index in [0.717, 1.165) is 34.6 Å². The number of piperazine rings is 1. The number of carbonyl (C=O) groups is 1. The fraction of sp³-hybridized carbons (Fsp3) is 0.440. The summed E-state index contributed by atoms with van der Waals surface area (Å²) >= 11 is 1.14. The van der Waals surface area contributed by atoms with Crippen molar-refractivity contribution in [2.45, 2.75) is 39.5 Å². The molecule has 2 aromatic carbocycles. The third kappa shape index (κ3) is 6.07. The second-order valence-electron chi connectivity index (χ2n) is 8.81. The molecule has 6 nitrogen and oxygen atoms in total. The zero-order valence-corrected chi connectivity index (χ0v) is 21.0. The van der Waals surface area contributed by atoms with Gasteiger partial charge in [0.25, 0.3) is 0 Å². The second-order valence-corrected chi connectivity index (χ2v) is 9.82. The molecule has 0 radical (unpaired) electrons. The number of ether oxygens (including phenoxy) is 2. The fourth-order valence-corrected chi connectivity index (χ4v) is 5.29. The van der Waals surface area contributed by atoms with E-state index in [-0.39, 0.29) is 18.2 Å². The second kappa shape index (κ2) is 10.6. The van der Waals surface area contributed by atoms with Crippen LogP contribution in [0.25, 0.3) is 10.2 Å². The van der Waals surface area contributed by atoms with Gasteiger partial charge >= 0.3 is 12.1 Å². The fourth-order valence-electron chi connectivity index (χ4n) is 4.27. The highest BCUT2D eigenvalue weighted by molar-refractivity contribution is 7.22. The molecule has 1 aliphatic rings. The molecule has 1 fully saturated rings. The van der Waals surface area contributed by atoms with Gasteiger partial charge in [-0.3, -0.25) is 4.90 Å². The zero-order chi connectivity index (χ0) is 26.0. The van der Waals surface area contributed by atoms with Crippen molar-refractivity contribution in [3.05, 3.63) is 52.8 Å². The van der Waals surface area contributed by atoms with Crippen molar-refractivity contribution in [1.82, 2.24) is 9.88 Å². The van der Waals surface area contributed by atoms with Gasteiger partial charge in [0.2, 0.25) is 0 Å². The summed E-state index contributed by atoms with van der Waals surface area (Å²) in [5.41, 5.74) is 1.01. The summed E-state index contributed by atoms with van der Waals surface area (Å²) in [5, 5.41) is 0.584. The number of aromatic nitrogens is 1. The molecule has 0 spiro atoms. The number of hydrogen-bond donors (Lipinski definition) is 0. The highest BCUT2D eigenvalue weighted by atomic mass is 32.1. The number of halogens is 4. The first-order valence-electron chi connectivity index (χ1n) is 11.6. The molecule has 1 atom stereocenters. The van der Waals surface area contributed by atoms with Gasteiger partial charge in [0.1, 0.15) is 11.6 Å². The van der Waals surface area contributed by atoms with Crippen molar-refractivity contribution in [1.29, 1.82) is 0 Å². The summed E-state index contributed by atoms with van der Waals surface area (Å²) in [5.74, 6) is -1.13. The molecule has 1 aromatic heterocycles. The van der Waals surface area contributed by atoms with E-state index >= 15 is 0 Å². The van der Waals surface area contributed by atoms with Gasteiger partial charge in [0.15, 0.2) is 11.7 Å². The number of esters is 1. The topological polar surface area (TPSA) is 54.9 Å². The van der Waals surface area contributed by atoms with Gasteiger partial charge in [0.05, 0.1) is 22.4 Å². The molecule has 11 heteroatoms. The van der Waals surface area contributed by atoms with Crippen molar-refractivity contribution in [2.24, 2.45) is 0 Å². The number of hydrogen-bond acceptors (Lipinski definition) is 7. The first-order chi connectivity index (χ1) is 17.0. The Hall–Kier alpha value is -2.92. The third-order valence-corrected chi connectivity index (χ3v) is 7.04. The number of carbonyl (C=O) groups excluding carboxylic acids is 1. The number of nitrogens with zero attached hydrogens (tertiary/aromatic N) is 3. The summed E-state index contributed by atoms with van der Waals surface area (Å²) < 4.78 is 64.0. The Kier molecular flexibility index (Phi) is 7.70. The van der Waals surface area contributed by atoms with Crippen molar-refractivity contribution in [3.8, 4) is 5.75 Å². The molecule has 1 saturated heterocycles. The van der Waals surface area contributed by atoms with Gasteiger partial charge in [0, 0.05) is 38.3 Å². The largest absolute Gasteiger partial charge is 0.482 e. The van der Waals surface area contributed by atoms with Crippen LogP contribution in [-0.2, 0) is 22.3 Å². The normalized spacial score (nSPS) is 17.0. The predicted molar refractivity (Wildman–Crippen MR) is 130 cm³/mol. The molecule has 2 heterocycles. The standard InChI is InChI=1S/C25H27F4N3O3S/c1-4-34-23(33)14-35-18-8-15(2)7-17(9-18)13-31-5-6-32(12-16(31)3)24-30-21-11-20(26)19(25(27,28)29)10-22(21)36-24/h7-11,16H,4-6,12-14H2,1-3H3/t16-/m1/s1. The Balaban J connectivity index is 1.42. The summed E-state index contributed by atoms with van der Waals surface area (Å²) in [7, 11) is 0. The van der Waals surface area contributed by atoms with Gasteiger partial charge in [-0.2, -0.15) is 13.2 Å². The molecule has 0 amide bonds. The van der Waals surface area contributed by atoms with Crippen LogP contribution >= 0.6 is 11.3 Å². The maximum Gasteiger partial charge on any atom is 0.419 e. The van der Waals surface area contributed by atoms with E-state index in [1.807, 2.05) is 24.0 Å². The van der Waals surface area contributed by atoms with Crippen LogP contribution < -0.4 is 9.64 Å². The lowest BCUT2D eigenvalue weighted by molar-refractivity contribution is -0.145. The van der Waals surface area contributed by atoms with Crippen molar-refractivity contribution < 1.29 is 31.8 Å². The first-order valence-corrected chi connectivity index (χ1v) is 12.4. The van der Waals surface area contributed by atoms with Crippen LogP contribution in [0, 0.1) is 12.7 Å². The minimum atomic E-state index is -4.75. The quantitative estimate of drug-likeness (QED) is 0.304. The van der Waals surface area contributed by atoms with Crippen LogP contribution in [0.2, 0.25) is 0 Å². The number of aryl methyl sites for hydroxylation is 1. The molecule has 0 N–H and O–H groups in total. The number of rotatable bonds is 7. The van der Waals surface area contributed by atoms with Crippen LogP contribution in [0.1, 0.15) is 30.5 Å². The maximum atomic E-state index is 14.0. The van der Waals surface area contributed by atoms with E-state index in [1.165, 1.54) is 0 Å². The van der Waals surface area contributed by atoms with E-state index in [9.17, 15) is 22.4 Å². The molecular formula is C25H27F4N3O3S. The van der Waals surface area contributed by atoms with E-state index in [0.29, 0.717) is 48.4 Å². The first kappa shape index (κ1) is 26.2. The van der Waals surface area contributed by atoms with Gasteiger partial charge in [-0.05, 0) is 50.1 Å². The van der Waals surface area contributed by atoms with E-state index in [4.69, 9.17) is 9.47 Å². The van der Waals surface area contributed by atoms with Crippen molar-refractivity contribution in [3.63, 3.8) is 0 Å². The van der Waals surface area contributed by atoms with E-state index < -0.39 is 23.5 Å². The summed E-state index contributed by atoms with van der Waals surface area (Å²) in [6.45, 7) is 8.58. The average Bonchev–Trinajstić information content (AvgIpc) is 3.20. The number of thiazole rings is 1. The number of fused-ring (bicyclic) bond motifs is 1. The predicted octanol–water partition coefficient (Wildman–Crippen LogP) is 5.42. The smallest absolute Gasteiger partial charge is 0.419 e. The molecule has 0 unspecified atom stereocenters. The lowest BCUT2D eigenvalue weighted by Crippen LogP contribution is -2.51. The Labute approximate surface area is 210 Å². The molecule has 194 valence electrons. The summed E-state index contributed by atoms with van der Waals surface area (Å²) in [6, 6.07) is 7.67. The molecule has 0 bridgehead atoms. The molecule has 1 aliphatic heterocycles. The maximum absolute atomic E-state index is 14.0. The monoisotopic (exact) mass is 525 g/mol. The van der Waals surface area contributed by atoms with Gasteiger partial charge < -0.3 is 14.4 Å². The van der Waals surface area contributed by atoms with Crippen LogP contribution in [-0.4, -0.2) is 54.7 Å².